The third-order valence-electron chi connectivity index (χ3n) is 3.76. The first-order valence-electron chi connectivity index (χ1n) is 7.51. The van der Waals surface area contributed by atoms with Gasteiger partial charge < -0.3 is 24.3 Å². The van der Waals surface area contributed by atoms with Crippen LogP contribution in [0.4, 0.5) is 4.39 Å². The van der Waals surface area contributed by atoms with Crippen LogP contribution in [-0.4, -0.2) is 51.3 Å². The SMILES string of the molecule is O=C(c1coc(COc2cccc(F)c2)n1)N1CC[C@H](O)[C@@H](O)C1. The molecule has 8 heteroatoms. The van der Waals surface area contributed by atoms with Crippen molar-refractivity contribution in [2.45, 2.75) is 25.2 Å². The largest absolute Gasteiger partial charge is 0.484 e. The normalized spacial score (nSPS) is 20.9. The number of hydrogen-bond acceptors (Lipinski definition) is 6. The molecule has 1 aliphatic heterocycles. The Morgan fingerprint density at radius 3 is 3.00 bits per heavy atom. The first kappa shape index (κ1) is 16.4. The van der Waals surface area contributed by atoms with Crippen molar-refractivity contribution in [3.8, 4) is 5.75 Å². The average molecular weight is 336 g/mol. The number of amides is 1. The van der Waals surface area contributed by atoms with Crippen LogP contribution in [0.15, 0.2) is 34.9 Å². The summed E-state index contributed by atoms with van der Waals surface area (Å²) in [7, 11) is 0. The van der Waals surface area contributed by atoms with Gasteiger partial charge in [0.25, 0.3) is 5.91 Å². The molecule has 2 aromatic rings. The number of halogens is 1. The number of carbonyl (C=O) groups excluding carboxylic acids is 1. The van der Waals surface area contributed by atoms with Gasteiger partial charge in [-0.25, -0.2) is 9.37 Å². The number of β-amino-alcohol motifs (C(OH)–C–C–N with tert-alkyl or cyclic N) is 1. The van der Waals surface area contributed by atoms with Crippen molar-refractivity contribution in [2.24, 2.45) is 0 Å². The van der Waals surface area contributed by atoms with Gasteiger partial charge in [0, 0.05) is 19.2 Å². The van der Waals surface area contributed by atoms with E-state index in [1.807, 2.05) is 0 Å². The van der Waals surface area contributed by atoms with Gasteiger partial charge in [0.15, 0.2) is 12.3 Å². The summed E-state index contributed by atoms with van der Waals surface area (Å²) >= 11 is 0. The van der Waals surface area contributed by atoms with Crippen LogP contribution in [0.5, 0.6) is 5.75 Å². The molecular formula is C16H17FN2O5. The van der Waals surface area contributed by atoms with Crippen molar-refractivity contribution < 1.29 is 28.6 Å². The van der Waals surface area contributed by atoms with Crippen LogP contribution in [-0.2, 0) is 6.61 Å². The summed E-state index contributed by atoms with van der Waals surface area (Å²) in [6, 6.07) is 5.65. The molecule has 128 valence electrons. The summed E-state index contributed by atoms with van der Waals surface area (Å²) in [6.45, 7) is 0.332. The second-order valence-corrected chi connectivity index (χ2v) is 5.55. The molecule has 1 aromatic carbocycles. The van der Waals surface area contributed by atoms with Crippen LogP contribution in [0.2, 0.25) is 0 Å². The molecule has 2 heterocycles. The zero-order chi connectivity index (χ0) is 17.1. The van der Waals surface area contributed by atoms with E-state index < -0.39 is 18.0 Å². The molecule has 2 N–H and O–H groups in total. The molecule has 0 spiro atoms. The lowest BCUT2D eigenvalue weighted by Crippen LogP contribution is -2.49. The molecule has 0 aliphatic carbocycles. The minimum Gasteiger partial charge on any atom is -0.484 e. The Bertz CT molecular complexity index is 720. The first-order valence-corrected chi connectivity index (χ1v) is 7.51. The van der Waals surface area contributed by atoms with Crippen molar-refractivity contribution >= 4 is 5.91 Å². The molecule has 0 saturated carbocycles. The van der Waals surface area contributed by atoms with Gasteiger partial charge in [0.05, 0.1) is 12.2 Å². The summed E-state index contributed by atoms with van der Waals surface area (Å²) in [6.07, 6.45) is -0.267. The predicted octanol–water partition coefficient (Wildman–Crippen LogP) is 0.960. The van der Waals surface area contributed by atoms with E-state index in [4.69, 9.17) is 9.15 Å². The maximum absolute atomic E-state index is 13.1. The second-order valence-electron chi connectivity index (χ2n) is 5.55. The highest BCUT2D eigenvalue weighted by molar-refractivity contribution is 5.92. The topological polar surface area (TPSA) is 96.0 Å². The number of piperidine rings is 1. The van der Waals surface area contributed by atoms with Crippen molar-refractivity contribution in [1.29, 1.82) is 0 Å². The molecule has 1 fully saturated rings. The summed E-state index contributed by atoms with van der Waals surface area (Å²) in [4.78, 5) is 17.8. The number of rotatable bonds is 4. The van der Waals surface area contributed by atoms with Gasteiger partial charge in [-0.15, -0.1) is 0 Å². The summed E-state index contributed by atoms with van der Waals surface area (Å²) in [5.74, 6) is -0.294. The highest BCUT2D eigenvalue weighted by Crippen LogP contribution is 2.16. The van der Waals surface area contributed by atoms with E-state index >= 15 is 0 Å². The minimum atomic E-state index is -0.967. The summed E-state index contributed by atoms with van der Waals surface area (Å²) in [5.41, 5.74) is 0.0939. The van der Waals surface area contributed by atoms with E-state index in [1.165, 1.54) is 29.4 Å². The van der Waals surface area contributed by atoms with Gasteiger partial charge in [-0.05, 0) is 18.6 Å². The van der Waals surface area contributed by atoms with Crippen LogP contribution < -0.4 is 4.74 Å². The van der Waals surface area contributed by atoms with Crippen molar-refractivity contribution in [1.82, 2.24) is 9.88 Å². The number of aliphatic hydroxyl groups is 2. The van der Waals surface area contributed by atoms with E-state index in [0.717, 1.165) is 0 Å². The second kappa shape index (κ2) is 6.98. The maximum atomic E-state index is 13.1. The predicted molar refractivity (Wildman–Crippen MR) is 79.8 cm³/mol. The van der Waals surface area contributed by atoms with Crippen LogP contribution in [0.3, 0.4) is 0 Å². The number of nitrogens with zero attached hydrogens (tertiary/aromatic N) is 2. The highest BCUT2D eigenvalue weighted by atomic mass is 19.1. The standard InChI is InChI=1S/C16H17FN2O5/c17-10-2-1-3-11(6-10)23-9-15-18-12(8-24-15)16(22)19-5-4-13(20)14(21)7-19/h1-3,6,8,13-14,20-21H,4-5,7,9H2/t13-,14-/m0/s1. The number of hydrogen-bond donors (Lipinski definition) is 2. The number of carbonyl (C=O) groups is 1. The van der Waals surface area contributed by atoms with Crippen LogP contribution in [0.25, 0.3) is 0 Å². The Kier molecular flexibility index (Phi) is 4.77. The number of aromatic nitrogens is 1. The average Bonchev–Trinajstić information content (AvgIpc) is 3.04. The van der Waals surface area contributed by atoms with Crippen LogP contribution in [0, 0.1) is 5.82 Å². The zero-order valence-electron chi connectivity index (χ0n) is 12.8. The molecule has 0 unspecified atom stereocenters. The van der Waals surface area contributed by atoms with Gasteiger partial charge in [-0.1, -0.05) is 6.07 Å². The number of ether oxygens (including phenoxy) is 1. The molecule has 1 aliphatic rings. The highest BCUT2D eigenvalue weighted by Gasteiger charge is 2.30. The van der Waals surface area contributed by atoms with Crippen molar-refractivity contribution in [3.63, 3.8) is 0 Å². The fraction of sp³-hybridized carbons (Fsp3) is 0.375. The van der Waals surface area contributed by atoms with E-state index in [0.29, 0.717) is 18.7 Å². The molecule has 0 radical (unpaired) electrons. The fourth-order valence-corrected chi connectivity index (χ4v) is 2.44. The fourth-order valence-electron chi connectivity index (χ4n) is 2.44. The van der Waals surface area contributed by atoms with E-state index in [9.17, 15) is 19.4 Å². The molecule has 1 saturated heterocycles. The molecule has 1 aromatic heterocycles. The monoisotopic (exact) mass is 336 g/mol. The molecular weight excluding hydrogens is 319 g/mol. The van der Waals surface area contributed by atoms with Gasteiger partial charge >= 0.3 is 0 Å². The summed E-state index contributed by atoms with van der Waals surface area (Å²) in [5, 5.41) is 19.1. The molecule has 3 rings (SSSR count). The summed E-state index contributed by atoms with van der Waals surface area (Å²) < 4.78 is 23.6. The van der Waals surface area contributed by atoms with E-state index in [-0.39, 0.29) is 30.6 Å². The van der Waals surface area contributed by atoms with E-state index in [1.54, 1.807) is 6.07 Å². The number of likely N-dealkylation sites (tertiary alicyclic amines) is 1. The Morgan fingerprint density at radius 2 is 2.25 bits per heavy atom. The number of aliphatic hydroxyl groups excluding tert-OH is 2. The van der Waals surface area contributed by atoms with E-state index in [2.05, 4.69) is 4.98 Å². The third kappa shape index (κ3) is 3.72. The van der Waals surface area contributed by atoms with Gasteiger partial charge in [-0.2, -0.15) is 0 Å². The number of oxazole rings is 1. The van der Waals surface area contributed by atoms with Gasteiger partial charge in [0.1, 0.15) is 17.8 Å². The van der Waals surface area contributed by atoms with Gasteiger partial charge in [0.2, 0.25) is 5.89 Å². The lowest BCUT2D eigenvalue weighted by molar-refractivity contribution is -0.0323. The quantitative estimate of drug-likeness (QED) is 0.863. The molecule has 0 bridgehead atoms. The molecule has 2 atom stereocenters. The lowest BCUT2D eigenvalue weighted by atomic mass is 10.0. The molecule has 7 nitrogen and oxygen atoms in total. The van der Waals surface area contributed by atoms with Crippen molar-refractivity contribution in [3.05, 3.63) is 47.9 Å². The number of benzene rings is 1. The first-order chi connectivity index (χ1) is 11.5. The third-order valence-corrected chi connectivity index (χ3v) is 3.76. The molecule has 1 amide bonds. The van der Waals surface area contributed by atoms with Crippen LogP contribution >= 0.6 is 0 Å². The van der Waals surface area contributed by atoms with Crippen LogP contribution in [0.1, 0.15) is 22.8 Å². The van der Waals surface area contributed by atoms with Crippen molar-refractivity contribution in [2.75, 3.05) is 13.1 Å². The Balaban J connectivity index is 1.59. The molecule has 24 heavy (non-hydrogen) atoms. The van der Waals surface area contributed by atoms with Gasteiger partial charge in [-0.3, -0.25) is 4.79 Å². The lowest BCUT2D eigenvalue weighted by Gasteiger charge is -2.32. The minimum absolute atomic E-state index is 0.0436. The smallest absolute Gasteiger partial charge is 0.275 e. The Morgan fingerprint density at radius 1 is 1.42 bits per heavy atom. The zero-order valence-corrected chi connectivity index (χ0v) is 12.8. The Labute approximate surface area is 137 Å². The Hall–Kier alpha value is -2.45. The maximum Gasteiger partial charge on any atom is 0.275 e.